The minimum absolute atomic E-state index is 0.0262. The van der Waals surface area contributed by atoms with Crippen molar-refractivity contribution in [1.82, 2.24) is 16.2 Å². The summed E-state index contributed by atoms with van der Waals surface area (Å²) in [5.74, 6) is -0.439. The van der Waals surface area contributed by atoms with Crippen LogP contribution in [0.25, 0.3) is 0 Å². The fourth-order valence-corrected chi connectivity index (χ4v) is 3.18. The molecule has 1 aromatic rings. The molecule has 0 saturated heterocycles. The average Bonchev–Trinajstić information content (AvgIpc) is 2.70. The van der Waals surface area contributed by atoms with Crippen LogP contribution in [0.1, 0.15) is 56.3 Å². The third-order valence-electron chi connectivity index (χ3n) is 4.87. The van der Waals surface area contributed by atoms with Crippen molar-refractivity contribution in [2.24, 2.45) is 11.8 Å². The number of amides is 3. The van der Waals surface area contributed by atoms with Gasteiger partial charge in [0.2, 0.25) is 5.91 Å². The van der Waals surface area contributed by atoms with Gasteiger partial charge in [-0.1, -0.05) is 33.1 Å². The maximum Gasteiger partial charge on any atom is 0.269 e. The Kier molecular flexibility index (Phi) is 7.64. The summed E-state index contributed by atoms with van der Waals surface area (Å²) < 4.78 is 5.05. The molecule has 148 valence electrons. The van der Waals surface area contributed by atoms with Crippen molar-refractivity contribution < 1.29 is 19.1 Å². The summed E-state index contributed by atoms with van der Waals surface area (Å²) in [6.07, 6.45) is 5.00. The molecule has 1 saturated carbocycles. The monoisotopic (exact) mass is 375 g/mol. The van der Waals surface area contributed by atoms with E-state index in [1.807, 2.05) is 13.8 Å². The van der Waals surface area contributed by atoms with E-state index in [4.69, 9.17) is 4.74 Å². The maximum absolute atomic E-state index is 12.5. The number of nitrogens with one attached hydrogen (secondary N) is 3. The van der Waals surface area contributed by atoms with Crippen molar-refractivity contribution in [2.75, 3.05) is 7.11 Å². The molecule has 1 aliphatic carbocycles. The van der Waals surface area contributed by atoms with Gasteiger partial charge in [-0.15, -0.1) is 0 Å². The zero-order valence-corrected chi connectivity index (χ0v) is 16.2. The van der Waals surface area contributed by atoms with E-state index in [1.165, 1.54) is 0 Å². The van der Waals surface area contributed by atoms with E-state index in [0.29, 0.717) is 11.3 Å². The Labute approximate surface area is 160 Å². The minimum Gasteiger partial charge on any atom is -0.497 e. The average molecular weight is 375 g/mol. The molecule has 7 heteroatoms. The standard InChI is InChI=1S/C20H29N3O4/c1-13(2)17(21-18(24)14-7-5-4-6-8-14)20(26)23-22-19(25)15-9-11-16(27-3)12-10-15/h9-14,17H,4-8H2,1-3H3,(H,21,24)(H,22,25)(H,23,26)/t17-/m1/s1. The van der Waals surface area contributed by atoms with Gasteiger partial charge in [0.15, 0.2) is 0 Å². The van der Waals surface area contributed by atoms with Crippen LogP contribution in [-0.2, 0) is 9.59 Å². The van der Waals surface area contributed by atoms with Crippen LogP contribution in [0.15, 0.2) is 24.3 Å². The van der Waals surface area contributed by atoms with Gasteiger partial charge in [0.25, 0.3) is 11.8 Å². The highest BCUT2D eigenvalue weighted by atomic mass is 16.5. The van der Waals surface area contributed by atoms with Gasteiger partial charge < -0.3 is 10.1 Å². The second kappa shape index (κ2) is 9.94. The molecular formula is C20H29N3O4. The first kappa shape index (κ1) is 20.7. The lowest BCUT2D eigenvalue weighted by Crippen LogP contribution is -2.55. The van der Waals surface area contributed by atoms with Gasteiger partial charge in [-0.05, 0) is 43.0 Å². The van der Waals surface area contributed by atoms with Crippen LogP contribution in [0.5, 0.6) is 5.75 Å². The number of hydrazine groups is 1. The Morgan fingerprint density at radius 2 is 1.63 bits per heavy atom. The SMILES string of the molecule is COc1ccc(C(=O)NNC(=O)[C@H](NC(=O)C2CCCCC2)C(C)C)cc1. The van der Waals surface area contributed by atoms with E-state index >= 15 is 0 Å². The molecule has 27 heavy (non-hydrogen) atoms. The van der Waals surface area contributed by atoms with Gasteiger partial charge in [0.05, 0.1) is 7.11 Å². The lowest BCUT2D eigenvalue weighted by Gasteiger charge is -2.26. The van der Waals surface area contributed by atoms with Crippen molar-refractivity contribution in [3.63, 3.8) is 0 Å². The number of benzene rings is 1. The van der Waals surface area contributed by atoms with Crippen LogP contribution in [0, 0.1) is 11.8 Å². The molecule has 0 radical (unpaired) electrons. The summed E-state index contributed by atoms with van der Waals surface area (Å²) in [5, 5.41) is 2.85. The molecule has 2 rings (SSSR count). The Bertz CT molecular complexity index is 652. The Morgan fingerprint density at radius 3 is 2.19 bits per heavy atom. The number of hydrogen-bond donors (Lipinski definition) is 3. The number of methoxy groups -OCH3 is 1. The van der Waals surface area contributed by atoms with Crippen LogP contribution < -0.4 is 20.9 Å². The summed E-state index contributed by atoms with van der Waals surface area (Å²) in [6.45, 7) is 3.72. The van der Waals surface area contributed by atoms with Gasteiger partial charge in [-0.25, -0.2) is 0 Å². The molecule has 0 bridgehead atoms. The predicted octanol–water partition coefficient (Wildman–Crippen LogP) is 2.18. The highest BCUT2D eigenvalue weighted by Crippen LogP contribution is 2.24. The van der Waals surface area contributed by atoms with Gasteiger partial charge in [0.1, 0.15) is 11.8 Å². The van der Waals surface area contributed by atoms with E-state index in [1.54, 1.807) is 31.4 Å². The van der Waals surface area contributed by atoms with Crippen LogP contribution >= 0.6 is 0 Å². The first-order valence-corrected chi connectivity index (χ1v) is 9.47. The number of carbonyl (C=O) groups excluding carboxylic acids is 3. The van der Waals surface area contributed by atoms with Crippen molar-refractivity contribution in [1.29, 1.82) is 0 Å². The second-order valence-electron chi connectivity index (χ2n) is 7.24. The molecule has 0 spiro atoms. The quantitative estimate of drug-likeness (QED) is 0.664. The van der Waals surface area contributed by atoms with Crippen LogP contribution in [0.4, 0.5) is 0 Å². The first-order valence-electron chi connectivity index (χ1n) is 9.47. The van der Waals surface area contributed by atoms with E-state index < -0.39 is 17.9 Å². The molecule has 7 nitrogen and oxygen atoms in total. The fourth-order valence-electron chi connectivity index (χ4n) is 3.18. The molecule has 0 heterocycles. The molecule has 0 unspecified atom stereocenters. The van der Waals surface area contributed by atoms with E-state index in [2.05, 4.69) is 16.2 Å². The molecule has 1 aromatic carbocycles. The zero-order valence-electron chi connectivity index (χ0n) is 16.2. The maximum atomic E-state index is 12.5. The fraction of sp³-hybridized carbons (Fsp3) is 0.550. The molecule has 1 fully saturated rings. The lowest BCUT2D eigenvalue weighted by atomic mass is 9.88. The molecule has 0 aromatic heterocycles. The number of ether oxygens (including phenoxy) is 1. The van der Waals surface area contributed by atoms with Gasteiger partial charge in [-0.2, -0.15) is 0 Å². The lowest BCUT2D eigenvalue weighted by molar-refractivity contribution is -0.133. The van der Waals surface area contributed by atoms with Gasteiger partial charge in [-0.3, -0.25) is 25.2 Å². The Hall–Kier alpha value is -2.57. The second-order valence-corrected chi connectivity index (χ2v) is 7.24. The van der Waals surface area contributed by atoms with Crippen LogP contribution in [0.2, 0.25) is 0 Å². The van der Waals surface area contributed by atoms with Crippen molar-refractivity contribution in [3.05, 3.63) is 29.8 Å². The minimum atomic E-state index is -0.699. The highest BCUT2D eigenvalue weighted by molar-refractivity contribution is 5.96. The summed E-state index contributed by atoms with van der Waals surface area (Å²) in [4.78, 5) is 37.1. The van der Waals surface area contributed by atoms with Gasteiger partial charge >= 0.3 is 0 Å². The van der Waals surface area contributed by atoms with E-state index in [0.717, 1.165) is 32.1 Å². The molecule has 0 aliphatic heterocycles. The normalized spacial score (nSPS) is 15.7. The van der Waals surface area contributed by atoms with Crippen molar-refractivity contribution in [3.8, 4) is 5.75 Å². The number of carbonyl (C=O) groups is 3. The van der Waals surface area contributed by atoms with Crippen LogP contribution in [-0.4, -0.2) is 30.9 Å². The smallest absolute Gasteiger partial charge is 0.269 e. The summed E-state index contributed by atoms with van der Waals surface area (Å²) in [6, 6.07) is 5.84. The molecular weight excluding hydrogens is 346 g/mol. The Balaban J connectivity index is 1.89. The largest absolute Gasteiger partial charge is 0.497 e. The zero-order chi connectivity index (χ0) is 19.8. The molecule has 1 aliphatic rings. The molecule has 3 amide bonds. The van der Waals surface area contributed by atoms with Gasteiger partial charge in [0, 0.05) is 11.5 Å². The highest BCUT2D eigenvalue weighted by Gasteiger charge is 2.28. The third-order valence-corrected chi connectivity index (χ3v) is 4.87. The third kappa shape index (κ3) is 5.98. The van der Waals surface area contributed by atoms with E-state index in [9.17, 15) is 14.4 Å². The summed E-state index contributed by atoms with van der Waals surface area (Å²) >= 11 is 0. The Morgan fingerprint density at radius 1 is 1.00 bits per heavy atom. The summed E-state index contributed by atoms with van der Waals surface area (Å²) in [5.41, 5.74) is 5.20. The summed E-state index contributed by atoms with van der Waals surface area (Å²) in [7, 11) is 1.54. The van der Waals surface area contributed by atoms with Crippen LogP contribution in [0.3, 0.4) is 0 Å². The molecule has 3 N–H and O–H groups in total. The topological polar surface area (TPSA) is 96.5 Å². The van der Waals surface area contributed by atoms with Crippen molar-refractivity contribution >= 4 is 17.7 Å². The van der Waals surface area contributed by atoms with E-state index in [-0.39, 0.29) is 17.7 Å². The van der Waals surface area contributed by atoms with Crippen molar-refractivity contribution in [2.45, 2.75) is 52.0 Å². The number of hydrogen-bond acceptors (Lipinski definition) is 4. The predicted molar refractivity (Wildman–Crippen MR) is 102 cm³/mol. The number of rotatable bonds is 6. The first-order chi connectivity index (χ1) is 12.9. The molecule has 1 atom stereocenters.